The molecular weight excluding hydrogens is 457 g/mol. The molecule has 2 heterocycles. The van der Waals surface area contributed by atoms with Gasteiger partial charge in [0, 0.05) is 26.3 Å². The Morgan fingerprint density at radius 1 is 1.03 bits per heavy atom. The quantitative estimate of drug-likeness (QED) is 0.354. The summed E-state index contributed by atoms with van der Waals surface area (Å²) in [5, 5.41) is 7.39. The Labute approximate surface area is 206 Å². The van der Waals surface area contributed by atoms with Crippen LogP contribution >= 0.6 is 0 Å². The van der Waals surface area contributed by atoms with E-state index in [0.717, 1.165) is 16.8 Å². The first kappa shape index (κ1) is 23.0. The Bertz CT molecular complexity index is 1590. The van der Waals surface area contributed by atoms with Crippen LogP contribution in [0.3, 0.4) is 0 Å². The highest BCUT2D eigenvalue weighted by molar-refractivity contribution is 6.10. The number of hydrogen-bond acceptors (Lipinski definition) is 6. The molecule has 1 amide bonds. The summed E-state index contributed by atoms with van der Waals surface area (Å²) in [7, 11) is 3.95. The third-order valence-electron chi connectivity index (χ3n) is 5.80. The van der Waals surface area contributed by atoms with Gasteiger partial charge in [-0.05, 0) is 47.5 Å². The Morgan fingerprint density at radius 3 is 2.36 bits per heavy atom. The van der Waals surface area contributed by atoms with E-state index in [1.807, 2.05) is 67.5 Å². The molecule has 0 aliphatic carbocycles. The fourth-order valence-electron chi connectivity index (χ4n) is 3.84. The largest absolute Gasteiger partial charge is 0.383 e. The predicted octanol–water partition coefficient (Wildman–Crippen LogP) is 4.18. The predicted molar refractivity (Wildman–Crippen MR) is 141 cm³/mol. The van der Waals surface area contributed by atoms with Crippen molar-refractivity contribution in [1.82, 2.24) is 20.0 Å². The molecule has 0 aliphatic heterocycles. The summed E-state index contributed by atoms with van der Waals surface area (Å²) < 4.78 is 14.7. The van der Waals surface area contributed by atoms with Crippen LogP contribution in [0.5, 0.6) is 0 Å². The number of rotatable bonds is 6. The number of fused-ring (bicyclic) bond motifs is 2. The zero-order valence-corrected chi connectivity index (χ0v) is 19.8. The second-order valence-corrected chi connectivity index (χ2v) is 8.50. The molecule has 36 heavy (non-hydrogen) atoms. The summed E-state index contributed by atoms with van der Waals surface area (Å²) in [4.78, 5) is 24.6. The number of aromatic nitrogens is 3. The molecule has 0 radical (unpaired) electrons. The van der Waals surface area contributed by atoms with Crippen LogP contribution in [0.15, 0.2) is 77.9 Å². The average Bonchev–Trinajstić information content (AvgIpc) is 3.15. The lowest BCUT2D eigenvalue weighted by Crippen LogP contribution is -2.23. The van der Waals surface area contributed by atoms with Crippen molar-refractivity contribution in [3.63, 3.8) is 0 Å². The van der Waals surface area contributed by atoms with E-state index in [1.54, 1.807) is 18.3 Å². The molecule has 0 atom stereocenters. The number of amides is 1. The van der Waals surface area contributed by atoms with E-state index in [2.05, 4.69) is 15.4 Å². The second-order valence-electron chi connectivity index (χ2n) is 8.50. The molecule has 2 aromatic heterocycles. The van der Waals surface area contributed by atoms with Crippen LogP contribution in [-0.4, -0.2) is 40.9 Å². The molecule has 8 nitrogen and oxygen atoms in total. The van der Waals surface area contributed by atoms with Crippen LogP contribution < -0.4 is 16.0 Å². The van der Waals surface area contributed by atoms with Crippen LogP contribution in [0.2, 0.25) is 0 Å². The number of nitrogen functional groups attached to an aromatic ring is 1. The number of nitrogens with zero attached hydrogens (tertiary/aromatic N) is 5. The van der Waals surface area contributed by atoms with Crippen molar-refractivity contribution in [2.75, 3.05) is 24.7 Å². The van der Waals surface area contributed by atoms with Gasteiger partial charge in [-0.25, -0.2) is 14.4 Å². The van der Waals surface area contributed by atoms with Crippen molar-refractivity contribution >= 4 is 45.8 Å². The van der Waals surface area contributed by atoms with Gasteiger partial charge < -0.3 is 16.0 Å². The number of anilines is 2. The van der Waals surface area contributed by atoms with Crippen LogP contribution in [0.25, 0.3) is 22.2 Å². The number of halogens is 1. The number of carbonyl (C=O) groups is 1. The zero-order chi connectivity index (χ0) is 25.2. The van der Waals surface area contributed by atoms with E-state index in [-0.39, 0.29) is 23.7 Å². The Balaban J connectivity index is 1.55. The molecular formula is C27H24FN7O. The van der Waals surface area contributed by atoms with E-state index in [0.29, 0.717) is 22.2 Å². The van der Waals surface area contributed by atoms with Gasteiger partial charge in [0.2, 0.25) is 0 Å². The number of hydrogen-bond donors (Lipinski definition) is 2. The molecule has 0 saturated carbocycles. The van der Waals surface area contributed by atoms with Crippen LogP contribution in [0.4, 0.5) is 15.9 Å². The fourth-order valence-corrected chi connectivity index (χ4v) is 3.84. The van der Waals surface area contributed by atoms with E-state index in [1.165, 1.54) is 16.8 Å². The zero-order valence-electron chi connectivity index (χ0n) is 19.8. The molecule has 0 fully saturated rings. The maximum atomic E-state index is 13.2. The molecule has 9 heteroatoms. The molecule has 0 unspecified atom stereocenters. The maximum absolute atomic E-state index is 13.2. The van der Waals surface area contributed by atoms with Gasteiger partial charge in [0.25, 0.3) is 5.91 Å². The topological polar surface area (TPSA) is 101 Å². The third kappa shape index (κ3) is 4.46. The van der Waals surface area contributed by atoms with E-state index >= 15 is 0 Å². The van der Waals surface area contributed by atoms with Gasteiger partial charge in [-0.3, -0.25) is 4.79 Å². The van der Waals surface area contributed by atoms with Crippen molar-refractivity contribution in [1.29, 1.82) is 0 Å². The van der Waals surface area contributed by atoms with Gasteiger partial charge in [0.1, 0.15) is 22.7 Å². The molecule has 3 aromatic carbocycles. The summed E-state index contributed by atoms with van der Waals surface area (Å²) in [5.41, 5.74) is 11.3. The van der Waals surface area contributed by atoms with Gasteiger partial charge in [-0.1, -0.05) is 36.4 Å². The highest BCUT2D eigenvalue weighted by Gasteiger charge is 2.24. The third-order valence-corrected chi connectivity index (χ3v) is 5.80. The molecule has 0 aliphatic rings. The van der Waals surface area contributed by atoms with Crippen LogP contribution in [0.1, 0.15) is 21.5 Å². The Kier molecular flexibility index (Phi) is 6.03. The van der Waals surface area contributed by atoms with Gasteiger partial charge in [-0.15, -0.1) is 0 Å². The lowest BCUT2D eigenvalue weighted by atomic mass is 10.2. The van der Waals surface area contributed by atoms with Gasteiger partial charge in [-0.2, -0.15) is 9.78 Å². The summed E-state index contributed by atoms with van der Waals surface area (Å²) in [5.74, 6) is -0.637. The Hall–Kier alpha value is -4.79. The Morgan fingerprint density at radius 2 is 1.69 bits per heavy atom. The number of benzene rings is 3. The minimum Gasteiger partial charge on any atom is -0.383 e. The van der Waals surface area contributed by atoms with Gasteiger partial charge >= 0.3 is 0 Å². The molecule has 0 bridgehead atoms. The summed E-state index contributed by atoms with van der Waals surface area (Å²) in [6, 6.07) is 21.2. The van der Waals surface area contributed by atoms with E-state index in [4.69, 9.17) is 10.7 Å². The minimum atomic E-state index is -0.421. The van der Waals surface area contributed by atoms with Crippen molar-refractivity contribution in [2.24, 2.45) is 5.10 Å². The van der Waals surface area contributed by atoms with Crippen LogP contribution in [-0.2, 0) is 6.54 Å². The lowest BCUT2D eigenvalue weighted by Gasteiger charge is -2.11. The van der Waals surface area contributed by atoms with Gasteiger partial charge in [0.05, 0.1) is 17.2 Å². The highest BCUT2D eigenvalue weighted by atomic mass is 19.1. The van der Waals surface area contributed by atoms with Crippen molar-refractivity contribution < 1.29 is 9.18 Å². The average molecular weight is 482 g/mol. The minimum absolute atomic E-state index is 0.123. The molecule has 5 aromatic rings. The monoisotopic (exact) mass is 481 g/mol. The molecule has 0 spiro atoms. The van der Waals surface area contributed by atoms with Crippen molar-refractivity contribution in [3.8, 4) is 0 Å². The highest BCUT2D eigenvalue weighted by Crippen LogP contribution is 2.28. The number of carbonyl (C=O) groups excluding carboxylic acids is 1. The van der Waals surface area contributed by atoms with E-state index < -0.39 is 5.91 Å². The first-order valence-corrected chi connectivity index (χ1v) is 11.3. The second kappa shape index (κ2) is 9.46. The van der Waals surface area contributed by atoms with Crippen LogP contribution in [0, 0.1) is 5.82 Å². The number of para-hydroxylation sites is 2. The lowest BCUT2D eigenvalue weighted by molar-refractivity contribution is 0.0953. The molecule has 0 saturated heterocycles. The number of nitrogens with two attached hydrogens (primary N) is 1. The van der Waals surface area contributed by atoms with Crippen molar-refractivity contribution in [3.05, 3.63) is 95.3 Å². The summed E-state index contributed by atoms with van der Waals surface area (Å²) in [6.07, 6.45) is 1.66. The first-order valence-electron chi connectivity index (χ1n) is 11.3. The van der Waals surface area contributed by atoms with Gasteiger partial charge in [0.15, 0.2) is 5.65 Å². The normalized spacial score (nSPS) is 11.4. The standard InChI is InChI=1S/C27H24FN7O/c1-34(2)20-13-9-18(10-14-20)16-31-35-25(29)23(27(36)30-15-17-7-11-19(28)12-8-17)24-26(35)33-22-6-4-3-5-21(22)32-24/h3-14,16H,15,29H2,1-2H3,(H,30,36)/b31-16-. The summed E-state index contributed by atoms with van der Waals surface area (Å²) in [6.45, 7) is 0.202. The molecule has 5 rings (SSSR count). The maximum Gasteiger partial charge on any atom is 0.257 e. The SMILES string of the molecule is CN(C)c1ccc(/C=N\n2c(N)c(C(=O)NCc3ccc(F)cc3)c3nc4ccccc4nc32)cc1. The molecule has 180 valence electrons. The number of nitrogens with one attached hydrogen (secondary N) is 1. The fraction of sp³-hybridized carbons (Fsp3) is 0.111. The van der Waals surface area contributed by atoms with Crippen molar-refractivity contribution in [2.45, 2.75) is 6.54 Å². The summed E-state index contributed by atoms with van der Waals surface area (Å²) >= 11 is 0. The first-order chi connectivity index (χ1) is 17.4. The van der Waals surface area contributed by atoms with E-state index in [9.17, 15) is 9.18 Å². The smallest absolute Gasteiger partial charge is 0.257 e. The molecule has 3 N–H and O–H groups in total.